The largest absolute Gasteiger partial charge is 0.431 e. The summed E-state index contributed by atoms with van der Waals surface area (Å²) in [5.41, 5.74) is 0.136. The molecule has 0 saturated heterocycles. The van der Waals surface area contributed by atoms with E-state index in [2.05, 4.69) is 0 Å². The van der Waals surface area contributed by atoms with Gasteiger partial charge in [-0.1, -0.05) is 13.8 Å². The Kier molecular flexibility index (Phi) is 3.53. The first-order valence-electron chi connectivity index (χ1n) is 5.24. The molecule has 1 aliphatic carbocycles. The topological polar surface area (TPSA) is 52.6 Å². The quantitative estimate of drug-likeness (QED) is 0.674. The Labute approximate surface area is 95.6 Å². The van der Waals surface area contributed by atoms with E-state index in [1.165, 1.54) is 14.0 Å². The van der Waals surface area contributed by atoms with Crippen molar-refractivity contribution in [2.24, 2.45) is 5.41 Å². The summed E-state index contributed by atoms with van der Waals surface area (Å²) >= 11 is 0. The zero-order chi connectivity index (χ0) is 12.5. The number of methoxy groups -OCH3 is 1. The zero-order valence-electron chi connectivity index (χ0n) is 10.4. The highest BCUT2D eigenvalue weighted by atomic mass is 16.5. The minimum atomic E-state index is -0.466. The highest BCUT2D eigenvalue weighted by molar-refractivity contribution is 6.00. The van der Waals surface area contributed by atoms with E-state index in [0.717, 1.165) is 0 Å². The Morgan fingerprint density at radius 3 is 2.44 bits per heavy atom. The molecule has 0 radical (unpaired) electrons. The Hall–Kier alpha value is -1.16. The third kappa shape index (κ3) is 2.32. The smallest absolute Gasteiger partial charge is 0.307 e. The van der Waals surface area contributed by atoms with E-state index in [-0.39, 0.29) is 11.2 Å². The van der Waals surface area contributed by atoms with Gasteiger partial charge in [0, 0.05) is 31.4 Å². The maximum absolute atomic E-state index is 12.0. The van der Waals surface area contributed by atoms with E-state index in [4.69, 9.17) is 9.47 Å². The van der Waals surface area contributed by atoms with Crippen molar-refractivity contribution in [3.63, 3.8) is 0 Å². The number of carbonyl (C=O) groups excluding carboxylic acids is 2. The normalized spacial score (nSPS) is 24.6. The first kappa shape index (κ1) is 12.9. The Balaban J connectivity index is 3.08. The van der Waals surface area contributed by atoms with E-state index in [0.29, 0.717) is 17.8 Å². The first-order valence-corrected chi connectivity index (χ1v) is 5.24. The molecule has 0 aliphatic heterocycles. The average Bonchev–Trinajstić information content (AvgIpc) is 2.13. The van der Waals surface area contributed by atoms with Crippen molar-refractivity contribution < 1.29 is 19.1 Å². The van der Waals surface area contributed by atoms with Crippen LogP contribution in [-0.2, 0) is 19.1 Å². The lowest BCUT2D eigenvalue weighted by molar-refractivity contribution is -0.141. The number of ketones is 1. The van der Waals surface area contributed by atoms with Gasteiger partial charge in [-0.2, -0.15) is 0 Å². The molecule has 0 N–H and O–H groups in total. The number of esters is 1. The fourth-order valence-corrected chi connectivity index (χ4v) is 2.04. The van der Waals surface area contributed by atoms with Gasteiger partial charge in [0.25, 0.3) is 0 Å². The second kappa shape index (κ2) is 4.37. The Bertz CT molecular complexity index is 352. The molecule has 4 nitrogen and oxygen atoms in total. The monoisotopic (exact) mass is 226 g/mol. The Morgan fingerprint density at radius 1 is 1.44 bits per heavy atom. The van der Waals surface area contributed by atoms with E-state index in [1.54, 1.807) is 6.92 Å². The molecule has 0 aromatic carbocycles. The molecule has 0 spiro atoms. The second-order valence-corrected chi connectivity index (χ2v) is 4.79. The minimum Gasteiger partial charge on any atom is -0.431 e. The van der Waals surface area contributed by atoms with E-state index in [9.17, 15) is 9.59 Å². The van der Waals surface area contributed by atoms with Gasteiger partial charge in [0.2, 0.25) is 0 Å². The number of allylic oxidation sites excluding steroid dienone is 1. The second-order valence-electron chi connectivity index (χ2n) is 4.79. The van der Waals surface area contributed by atoms with Gasteiger partial charge in [0.1, 0.15) is 11.9 Å². The van der Waals surface area contributed by atoms with Crippen LogP contribution < -0.4 is 0 Å². The van der Waals surface area contributed by atoms with Crippen LogP contribution >= 0.6 is 0 Å². The molecule has 0 amide bonds. The van der Waals surface area contributed by atoms with Gasteiger partial charge < -0.3 is 9.47 Å². The zero-order valence-corrected chi connectivity index (χ0v) is 10.4. The summed E-state index contributed by atoms with van der Waals surface area (Å²) in [6.45, 7) is 6.85. The summed E-state index contributed by atoms with van der Waals surface area (Å²) in [5.74, 6) is -0.0281. The predicted molar refractivity (Wildman–Crippen MR) is 58.7 cm³/mol. The highest BCUT2D eigenvalue weighted by Crippen LogP contribution is 2.38. The van der Waals surface area contributed by atoms with Crippen molar-refractivity contribution in [1.82, 2.24) is 0 Å². The number of hydrogen-bond acceptors (Lipinski definition) is 4. The molecule has 0 aromatic rings. The number of hydrogen-bond donors (Lipinski definition) is 0. The lowest BCUT2D eigenvalue weighted by Crippen LogP contribution is -2.43. The molecule has 0 aromatic heterocycles. The lowest BCUT2D eigenvalue weighted by Gasteiger charge is -2.37. The molecule has 0 fully saturated rings. The molecular formula is C12H18O4. The highest BCUT2D eigenvalue weighted by Gasteiger charge is 2.42. The molecule has 4 heteroatoms. The minimum absolute atomic E-state index is 0.102. The lowest BCUT2D eigenvalue weighted by atomic mass is 9.74. The third-order valence-corrected chi connectivity index (χ3v) is 2.85. The van der Waals surface area contributed by atoms with Crippen molar-refractivity contribution >= 4 is 11.8 Å². The van der Waals surface area contributed by atoms with Crippen molar-refractivity contribution in [3.05, 3.63) is 11.3 Å². The summed E-state index contributed by atoms with van der Waals surface area (Å²) < 4.78 is 10.3. The van der Waals surface area contributed by atoms with Crippen molar-refractivity contribution in [2.45, 2.75) is 40.2 Å². The molecular weight excluding hydrogens is 208 g/mol. The van der Waals surface area contributed by atoms with Crippen molar-refractivity contribution in [2.75, 3.05) is 7.11 Å². The van der Waals surface area contributed by atoms with Crippen LogP contribution in [0.3, 0.4) is 0 Å². The number of rotatable bonds is 2. The third-order valence-electron chi connectivity index (χ3n) is 2.85. The molecule has 0 heterocycles. The van der Waals surface area contributed by atoms with Gasteiger partial charge in [-0.3, -0.25) is 9.59 Å². The van der Waals surface area contributed by atoms with E-state index in [1.807, 2.05) is 13.8 Å². The summed E-state index contributed by atoms with van der Waals surface area (Å²) in [7, 11) is 1.52. The van der Waals surface area contributed by atoms with Crippen LogP contribution in [0, 0.1) is 5.41 Å². The summed E-state index contributed by atoms with van der Waals surface area (Å²) in [4.78, 5) is 22.9. The van der Waals surface area contributed by atoms with E-state index < -0.39 is 12.1 Å². The summed E-state index contributed by atoms with van der Waals surface area (Å²) in [6.07, 6.45) is 0.0645. The van der Waals surface area contributed by atoms with Crippen LogP contribution in [0.2, 0.25) is 0 Å². The van der Waals surface area contributed by atoms with Crippen LogP contribution in [-0.4, -0.2) is 25.0 Å². The maximum atomic E-state index is 12.0. The fourth-order valence-electron chi connectivity index (χ4n) is 2.04. The summed E-state index contributed by atoms with van der Waals surface area (Å²) in [6, 6.07) is 0. The van der Waals surface area contributed by atoms with Gasteiger partial charge >= 0.3 is 5.97 Å². The molecule has 0 saturated carbocycles. The number of carbonyl (C=O) groups is 2. The molecule has 1 rings (SSSR count). The summed E-state index contributed by atoms with van der Waals surface area (Å²) in [5, 5.41) is 0. The molecule has 1 atom stereocenters. The van der Waals surface area contributed by atoms with Gasteiger partial charge in [0.15, 0.2) is 5.78 Å². The molecule has 1 unspecified atom stereocenters. The van der Waals surface area contributed by atoms with Crippen LogP contribution in [0.25, 0.3) is 0 Å². The molecule has 90 valence electrons. The van der Waals surface area contributed by atoms with Crippen molar-refractivity contribution in [1.29, 1.82) is 0 Å². The number of Topliss-reactive ketones (excluding diaryl/α,β-unsaturated/α-hetero) is 1. The van der Waals surface area contributed by atoms with Gasteiger partial charge in [-0.25, -0.2) is 0 Å². The van der Waals surface area contributed by atoms with Gasteiger partial charge in [0.05, 0.1) is 0 Å². The number of ether oxygens (including phenoxy) is 2. The average molecular weight is 226 g/mol. The first-order chi connectivity index (χ1) is 7.29. The molecule has 0 bridgehead atoms. The van der Waals surface area contributed by atoms with Crippen molar-refractivity contribution in [3.8, 4) is 0 Å². The molecule has 1 aliphatic rings. The van der Waals surface area contributed by atoms with Gasteiger partial charge in [-0.15, -0.1) is 0 Å². The fraction of sp³-hybridized carbons (Fsp3) is 0.667. The van der Waals surface area contributed by atoms with Crippen LogP contribution in [0.1, 0.15) is 34.1 Å². The van der Waals surface area contributed by atoms with Gasteiger partial charge in [-0.05, 0) is 6.92 Å². The van der Waals surface area contributed by atoms with Crippen LogP contribution in [0.15, 0.2) is 11.3 Å². The standard InChI is InChI=1S/C12H18O4/c1-7-9(16-8(2)13)6-12(3,4)11(15-5)10(7)14/h11H,6H2,1-5H3. The molecule has 16 heavy (non-hydrogen) atoms. The SMILES string of the molecule is COC1C(=O)C(C)=C(OC(C)=O)CC1(C)C. The van der Waals surface area contributed by atoms with Crippen LogP contribution in [0.4, 0.5) is 0 Å². The maximum Gasteiger partial charge on any atom is 0.307 e. The predicted octanol–water partition coefficient (Wildman–Crippen LogP) is 1.84. The Morgan fingerprint density at radius 2 is 2.00 bits per heavy atom. The van der Waals surface area contributed by atoms with Crippen LogP contribution in [0.5, 0.6) is 0 Å². The van der Waals surface area contributed by atoms with E-state index >= 15 is 0 Å².